The van der Waals surface area contributed by atoms with Crippen molar-refractivity contribution in [3.05, 3.63) is 29.8 Å². The molecule has 0 aliphatic heterocycles. The zero-order valence-electron chi connectivity index (χ0n) is 14.5. The van der Waals surface area contributed by atoms with Gasteiger partial charge in [0.1, 0.15) is 0 Å². The summed E-state index contributed by atoms with van der Waals surface area (Å²) in [6.07, 6.45) is 2.24. The third-order valence-corrected chi connectivity index (χ3v) is 6.36. The molecule has 0 spiro atoms. The first-order valence-corrected chi connectivity index (χ1v) is 10.9. The van der Waals surface area contributed by atoms with E-state index in [0.717, 1.165) is 35.1 Å². The lowest BCUT2D eigenvalue weighted by atomic mass is 10.3. The standard InChI is InChI=1S/C16H18F2N4O2S3/c1-2-3-6-25-15-21-22-16(27-15)26-9-14(24)19-8-13(23)20-10-4-5-11(17)12(18)7-10/h4-5,7H,2-3,6,8-9H2,1H3,(H,19,24)(H,20,23). The van der Waals surface area contributed by atoms with Gasteiger partial charge in [-0.2, -0.15) is 0 Å². The van der Waals surface area contributed by atoms with Crippen LogP contribution in [0.5, 0.6) is 0 Å². The van der Waals surface area contributed by atoms with E-state index in [0.29, 0.717) is 4.34 Å². The number of benzene rings is 1. The summed E-state index contributed by atoms with van der Waals surface area (Å²) in [5.74, 6) is -1.84. The summed E-state index contributed by atoms with van der Waals surface area (Å²) in [5.41, 5.74) is 0.115. The summed E-state index contributed by atoms with van der Waals surface area (Å²) in [6, 6.07) is 3.02. The highest BCUT2D eigenvalue weighted by atomic mass is 32.2. The van der Waals surface area contributed by atoms with Crippen LogP contribution >= 0.6 is 34.9 Å². The van der Waals surface area contributed by atoms with Crippen LogP contribution in [0, 0.1) is 11.6 Å². The highest BCUT2D eigenvalue weighted by molar-refractivity contribution is 8.03. The highest BCUT2D eigenvalue weighted by Gasteiger charge is 2.11. The van der Waals surface area contributed by atoms with Gasteiger partial charge in [-0.15, -0.1) is 10.2 Å². The number of amides is 2. The van der Waals surface area contributed by atoms with E-state index in [9.17, 15) is 18.4 Å². The molecule has 2 rings (SSSR count). The molecular formula is C16H18F2N4O2S3. The number of hydrogen-bond acceptors (Lipinski definition) is 7. The minimum absolute atomic E-state index is 0.104. The van der Waals surface area contributed by atoms with Crippen molar-refractivity contribution in [3.63, 3.8) is 0 Å². The molecule has 146 valence electrons. The summed E-state index contributed by atoms with van der Waals surface area (Å²) >= 11 is 4.32. The van der Waals surface area contributed by atoms with Gasteiger partial charge in [0.05, 0.1) is 12.3 Å². The Bertz CT molecular complexity index is 789. The van der Waals surface area contributed by atoms with Crippen molar-refractivity contribution in [2.45, 2.75) is 28.4 Å². The van der Waals surface area contributed by atoms with Crippen LogP contribution in [0.4, 0.5) is 14.5 Å². The molecule has 1 aromatic carbocycles. The molecule has 0 aliphatic rings. The molecular weight excluding hydrogens is 414 g/mol. The minimum atomic E-state index is -1.06. The number of thioether (sulfide) groups is 2. The normalized spacial score (nSPS) is 10.6. The Balaban J connectivity index is 1.68. The number of hydrogen-bond donors (Lipinski definition) is 2. The second-order valence-corrected chi connectivity index (χ2v) is 8.82. The quantitative estimate of drug-likeness (QED) is 0.441. The number of carbonyl (C=O) groups is 2. The van der Waals surface area contributed by atoms with Crippen molar-refractivity contribution in [2.24, 2.45) is 0 Å². The van der Waals surface area contributed by atoms with Gasteiger partial charge in [-0.05, 0) is 18.6 Å². The van der Waals surface area contributed by atoms with Crippen molar-refractivity contribution in [1.29, 1.82) is 0 Å². The van der Waals surface area contributed by atoms with Gasteiger partial charge in [0, 0.05) is 17.5 Å². The number of halogens is 2. The van der Waals surface area contributed by atoms with Crippen LogP contribution < -0.4 is 10.6 Å². The van der Waals surface area contributed by atoms with Crippen molar-refractivity contribution >= 4 is 52.4 Å². The number of nitrogens with zero attached hydrogens (tertiary/aromatic N) is 2. The first-order valence-electron chi connectivity index (χ1n) is 8.08. The number of rotatable bonds is 10. The first kappa shape index (κ1) is 21.6. The number of unbranched alkanes of at least 4 members (excludes halogenated alkanes) is 1. The Morgan fingerprint density at radius 3 is 2.56 bits per heavy atom. The molecule has 11 heteroatoms. The van der Waals surface area contributed by atoms with Crippen LogP contribution in [0.2, 0.25) is 0 Å². The van der Waals surface area contributed by atoms with Gasteiger partial charge in [-0.25, -0.2) is 8.78 Å². The van der Waals surface area contributed by atoms with Crippen molar-refractivity contribution in [3.8, 4) is 0 Å². The fraction of sp³-hybridized carbons (Fsp3) is 0.375. The molecule has 0 radical (unpaired) electrons. The molecule has 2 aromatic rings. The third-order valence-electron chi connectivity index (χ3n) is 3.09. The fourth-order valence-corrected chi connectivity index (χ4v) is 4.76. The lowest BCUT2D eigenvalue weighted by Crippen LogP contribution is -2.33. The average Bonchev–Trinajstić information content (AvgIpc) is 3.09. The smallest absolute Gasteiger partial charge is 0.243 e. The molecule has 0 saturated carbocycles. The van der Waals surface area contributed by atoms with Crippen LogP contribution in [0.25, 0.3) is 0 Å². The maximum Gasteiger partial charge on any atom is 0.243 e. The van der Waals surface area contributed by atoms with E-state index in [1.807, 2.05) is 0 Å². The predicted molar refractivity (Wildman–Crippen MR) is 104 cm³/mol. The lowest BCUT2D eigenvalue weighted by molar-refractivity contribution is -0.122. The number of aromatic nitrogens is 2. The van der Waals surface area contributed by atoms with Gasteiger partial charge < -0.3 is 10.6 Å². The van der Waals surface area contributed by atoms with Gasteiger partial charge in [0.25, 0.3) is 0 Å². The Hall–Kier alpha value is -1.72. The predicted octanol–water partition coefficient (Wildman–Crippen LogP) is 3.56. The van der Waals surface area contributed by atoms with Gasteiger partial charge >= 0.3 is 0 Å². The van der Waals surface area contributed by atoms with Crippen molar-refractivity contribution in [1.82, 2.24) is 15.5 Å². The minimum Gasteiger partial charge on any atom is -0.346 e. The Labute approximate surface area is 167 Å². The van der Waals surface area contributed by atoms with Gasteiger partial charge in [-0.3, -0.25) is 9.59 Å². The summed E-state index contributed by atoms with van der Waals surface area (Å²) in [4.78, 5) is 23.6. The zero-order chi connectivity index (χ0) is 19.6. The molecule has 1 aromatic heterocycles. The molecule has 0 saturated heterocycles. The van der Waals surface area contributed by atoms with Crippen LogP contribution in [0.3, 0.4) is 0 Å². The Kier molecular flexibility index (Phi) is 8.95. The highest BCUT2D eigenvalue weighted by Crippen LogP contribution is 2.29. The monoisotopic (exact) mass is 432 g/mol. The maximum absolute atomic E-state index is 13.1. The summed E-state index contributed by atoms with van der Waals surface area (Å²) in [7, 11) is 0. The van der Waals surface area contributed by atoms with E-state index in [1.165, 1.54) is 29.2 Å². The fourth-order valence-electron chi connectivity index (χ4n) is 1.75. The van der Waals surface area contributed by atoms with Gasteiger partial charge in [-0.1, -0.05) is 48.2 Å². The van der Waals surface area contributed by atoms with Crippen LogP contribution in [0.1, 0.15) is 19.8 Å². The van der Waals surface area contributed by atoms with E-state index in [-0.39, 0.29) is 23.9 Å². The van der Waals surface area contributed by atoms with E-state index in [1.54, 1.807) is 11.8 Å². The number of anilines is 1. The zero-order valence-corrected chi connectivity index (χ0v) is 16.9. The van der Waals surface area contributed by atoms with E-state index in [2.05, 4.69) is 27.8 Å². The van der Waals surface area contributed by atoms with Crippen molar-refractivity contribution in [2.75, 3.05) is 23.4 Å². The molecule has 0 unspecified atom stereocenters. The topological polar surface area (TPSA) is 84.0 Å². The Morgan fingerprint density at radius 1 is 1.11 bits per heavy atom. The van der Waals surface area contributed by atoms with E-state index < -0.39 is 17.5 Å². The molecule has 1 heterocycles. The van der Waals surface area contributed by atoms with Gasteiger partial charge in [0.2, 0.25) is 11.8 Å². The van der Waals surface area contributed by atoms with Crippen LogP contribution in [-0.4, -0.2) is 40.1 Å². The average molecular weight is 433 g/mol. The summed E-state index contributed by atoms with van der Waals surface area (Å²) in [5, 5.41) is 12.9. The summed E-state index contributed by atoms with van der Waals surface area (Å²) in [6.45, 7) is 1.85. The molecule has 27 heavy (non-hydrogen) atoms. The molecule has 0 bridgehead atoms. The molecule has 0 atom stereocenters. The van der Waals surface area contributed by atoms with Crippen molar-refractivity contribution < 1.29 is 18.4 Å². The first-order chi connectivity index (χ1) is 13.0. The maximum atomic E-state index is 13.1. The molecule has 6 nitrogen and oxygen atoms in total. The molecule has 2 amide bonds. The second-order valence-electron chi connectivity index (χ2n) is 5.28. The summed E-state index contributed by atoms with van der Waals surface area (Å²) < 4.78 is 27.5. The van der Waals surface area contributed by atoms with Crippen LogP contribution in [0.15, 0.2) is 26.9 Å². The number of nitrogens with one attached hydrogen (secondary N) is 2. The lowest BCUT2D eigenvalue weighted by Gasteiger charge is -2.07. The van der Waals surface area contributed by atoms with Gasteiger partial charge in [0.15, 0.2) is 20.3 Å². The Morgan fingerprint density at radius 2 is 1.85 bits per heavy atom. The van der Waals surface area contributed by atoms with E-state index in [4.69, 9.17) is 0 Å². The third kappa shape index (κ3) is 7.81. The largest absolute Gasteiger partial charge is 0.346 e. The molecule has 2 N–H and O–H groups in total. The number of carbonyl (C=O) groups excluding carboxylic acids is 2. The second kappa shape index (κ2) is 11.2. The SMILES string of the molecule is CCCCSc1nnc(SCC(=O)NCC(=O)Nc2ccc(F)c(F)c2)s1. The van der Waals surface area contributed by atoms with Crippen LogP contribution in [-0.2, 0) is 9.59 Å². The molecule has 0 aliphatic carbocycles. The van der Waals surface area contributed by atoms with E-state index >= 15 is 0 Å². The molecule has 0 fully saturated rings.